The highest BCUT2D eigenvalue weighted by Crippen LogP contribution is 2.15. The first kappa shape index (κ1) is 12.9. The molecule has 0 spiro atoms. The SMILES string of the molecule is CN1CCCC(CN(C)CC(O)CN)C1. The molecule has 1 rings (SSSR count). The average Bonchev–Trinajstić information content (AvgIpc) is 2.17. The Morgan fingerprint density at radius 2 is 2.33 bits per heavy atom. The second-order valence-corrected chi connectivity index (χ2v) is 4.88. The van der Waals surface area contributed by atoms with E-state index in [-0.39, 0.29) is 6.10 Å². The van der Waals surface area contributed by atoms with Crippen molar-refractivity contribution in [3.8, 4) is 0 Å². The number of aliphatic hydroxyl groups excluding tert-OH is 1. The van der Waals surface area contributed by atoms with Crippen molar-refractivity contribution in [1.82, 2.24) is 9.80 Å². The quantitative estimate of drug-likeness (QED) is 0.654. The molecule has 15 heavy (non-hydrogen) atoms. The van der Waals surface area contributed by atoms with E-state index in [1.165, 1.54) is 25.9 Å². The van der Waals surface area contributed by atoms with Gasteiger partial charge in [0.15, 0.2) is 0 Å². The lowest BCUT2D eigenvalue weighted by molar-refractivity contribution is 0.107. The summed E-state index contributed by atoms with van der Waals surface area (Å²) >= 11 is 0. The number of piperidine rings is 1. The highest BCUT2D eigenvalue weighted by molar-refractivity contribution is 4.74. The van der Waals surface area contributed by atoms with Crippen LogP contribution in [0.3, 0.4) is 0 Å². The molecular weight excluding hydrogens is 190 g/mol. The molecule has 0 amide bonds. The predicted octanol–water partition coefficient (Wildman–Crippen LogP) is -0.420. The summed E-state index contributed by atoms with van der Waals surface area (Å²) in [5.74, 6) is 0.749. The van der Waals surface area contributed by atoms with E-state index < -0.39 is 0 Å². The van der Waals surface area contributed by atoms with Crippen LogP contribution < -0.4 is 5.73 Å². The smallest absolute Gasteiger partial charge is 0.0788 e. The zero-order valence-corrected chi connectivity index (χ0v) is 10.0. The van der Waals surface area contributed by atoms with Crippen LogP contribution in [0.5, 0.6) is 0 Å². The first-order chi connectivity index (χ1) is 7.11. The average molecular weight is 215 g/mol. The summed E-state index contributed by atoms with van der Waals surface area (Å²) < 4.78 is 0. The van der Waals surface area contributed by atoms with Crippen molar-refractivity contribution < 1.29 is 5.11 Å². The number of rotatable bonds is 5. The predicted molar refractivity (Wildman–Crippen MR) is 62.8 cm³/mol. The number of aliphatic hydroxyl groups is 1. The van der Waals surface area contributed by atoms with Crippen molar-refractivity contribution in [2.24, 2.45) is 11.7 Å². The maximum atomic E-state index is 9.43. The van der Waals surface area contributed by atoms with Gasteiger partial charge >= 0.3 is 0 Å². The molecule has 4 nitrogen and oxygen atoms in total. The summed E-state index contributed by atoms with van der Waals surface area (Å²) in [6, 6.07) is 0. The molecule has 0 radical (unpaired) electrons. The Morgan fingerprint density at radius 3 is 2.93 bits per heavy atom. The number of hydrogen-bond acceptors (Lipinski definition) is 4. The van der Waals surface area contributed by atoms with Gasteiger partial charge in [-0.05, 0) is 39.4 Å². The van der Waals surface area contributed by atoms with Gasteiger partial charge < -0.3 is 20.6 Å². The van der Waals surface area contributed by atoms with Gasteiger partial charge in [-0.25, -0.2) is 0 Å². The molecule has 0 aromatic heterocycles. The molecule has 0 saturated carbocycles. The van der Waals surface area contributed by atoms with Crippen LogP contribution in [-0.2, 0) is 0 Å². The van der Waals surface area contributed by atoms with Crippen LogP contribution in [0.15, 0.2) is 0 Å². The molecule has 0 aromatic rings. The normalized spacial score (nSPS) is 25.8. The molecule has 3 N–H and O–H groups in total. The molecule has 0 aromatic carbocycles. The lowest BCUT2D eigenvalue weighted by atomic mass is 9.98. The minimum atomic E-state index is -0.378. The molecular formula is C11H25N3O. The van der Waals surface area contributed by atoms with E-state index in [1.54, 1.807) is 0 Å². The van der Waals surface area contributed by atoms with E-state index in [1.807, 2.05) is 0 Å². The molecule has 1 saturated heterocycles. The van der Waals surface area contributed by atoms with E-state index in [2.05, 4.69) is 23.9 Å². The number of nitrogens with two attached hydrogens (primary N) is 1. The molecule has 90 valence electrons. The Hall–Kier alpha value is -0.160. The second-order valence-electron chi connectivity index (χ2n) is 4.88. The zero-order chi connectivity index (χ0) is 11.3. The van der Waals surface area contributed by atoms with Gasteiger partial charge in [0.2, 0.25) is 0 Å². The Balaban J connectivity index is 2.21. The van der Waals surface area contributed by atoms with Crippen LogP contribution in [-0.4, -0.2) is 67.8 Å². The van der Waals surface area contributed by atoms with E-state index in [0.29, 0.717) is 13.1 Å². The summed E-state index contributed by atoms with van der Waals surface area (Å²) in [6.45, 7) is 4.53. The summed E-state index contributed by atoms with van der Waals surface area (Å²) in [4.78, 5) is 4.59. The third-order valence-electron chi connectivity index (χ3n) is 3.09. The summed E-state index contributed by atoms with van der Waals surface area (Å²) in [7, 11) is 4.24. The first-order valence-electron chi connectivity index (χ1n) is 5.87. The second kappa shape index (κ2) is 6.43. The van der Waals surface area contributed by atoms with Gasteiger partial charge in [0.25, 0.3) is 0 Å². The van der Waals surface area contributed by atoms with Gasteiger partial charge in [0.1, 0.15) is 0 Å². The Labute approximate surface area is 93.0 Å². The van der Waals surface area contributed by atoms with Gasteiger partial charge in [-0.2, -0.15) is 0 Å². The molecule has 1 aliphatic heterocycles. The molecule has 0 bridgehead atoms. The van der Waals surface area contributed by atoms with Crippen molar-refractivity contribution in [3.63, 3.8) is 0 Å². The highest BCUT2D eigenvalue weighted by Gasteiger charge is 2.19. The first-order valence-corrected chi connectivity index (χ1v) is 5.87. The Kier molecular flexibility index (Phi) is 5.53. The van der Waals surface area contributed by atoms with Crippen LogP contribution >= 0.6 is 0 Å². The Bertz CT molecular complexity index is 177. The number of nitrogens with zero attached hydrogens (tertiary/aromatic N) is 2. The van der Waals surface area contributed by atoms with Crippen molar-refractivity contribution in [2.45, 2.75) is 18.9 Å². The van der Waals surface area contributed by atoms with Gasteiger partial charge in [0.05, 0.1) is 6.10 Å². The zero-order valence-electron chi connectivity index (χ0n) is 10.0. The molecule has 2 atom stereocenters. The van der Waals surface area contributed by atoms with Gasteiger partial charge in [0, 0.05) is 26.2 Å². The third-order valence-corrected chi connectivity index (χ3v) is 3.09. The monoisotopic (exact) mass is 215 g/mol. The van der Waals surface area contributed by atoms with Crippen molar-refractivity contribution in [3.05, 3.63) is 0 Å². The van der Waals surface area contributed by atoms with Crippen molar-refractivity contribution in [1.29, 1.82) is 0 Å². The Morgan fingerprint density at radius 1 is 1.60 bits per heavy atom. The van der Waals surface area contributed by atoms with Gasteiger partial charge in [-0.3, -0.25) is 0 Å². The molecule has 1 fully saturated rings. The fourth-order valence-corrected chi connectivity index (χ4v) is 2.37. The van der Waals surface area contributed by atoms with Gasteiger partial charge in [-0.15, -0.1) is 0 Å². The molecule has 1 aliphatic rings. The molecule has 1 heterocycles. The summed E-state index contributed by atoms with van der Waals surface area (Å²) in [5.41, 5.74) is 5.39. The maximum Gasteiger partial charge on any atom is 0.0788 e. The molecule has 0 aliphatic carbocycles. The number of hydrogen-bond donors (Lipinski definition) is 2. The van der Waals surface area contributed by atoms with Gasteiger partial charge in [-0.1, -0.05) is 0 Å². The van der Waals surface area contributed by atoms with Crippen molar-refractivity contribution >= 4 is 0 Å². The fourth-order valence-electron chi connectivity index (χ4n) is 2.37. The third kappa shape index (κ3) is 4.93. The van der Waals surface area contributed by atoms with E-state index in [0.717, 1.165) is 12.5 Å². The highest BCUT2D eigenvalue weighted by atomic mass is 16.3. The number of likely N-dealkylation sites (N-methyl/N-ethyl adjacent to an activating group) is 1. The van der Waals surface area contributed by atoms with Crippen LogP contribution in [0.1, 0.15) is 12.8 Å². The number of likely N-dealkylation sites (tertiary alicyclic amines) is 1. The standard InChI is InChI=1S/C11H25N3O/c1-13-5-3-4-10(7-13)8-14(2)9-11(15)6-12/h10-11,15H,3-9,12H2,1-2H3. The topological polar surface area (TPSA) is 52.7 Å². The van der Waals surface area contributed by atoms with Crippen LogP contribution in [0.4, 0.5) is 0 Å². The van der Waals surface area contributed by atoms with E-state index in [4.69, 9.17) is 5.73 Å². The molecule has 4 heteroatoms. The minimum absolute atomic E-state index is 0.356. The van der Waals surface area contributed by atoms with Crippen LogP contribution in [0.25, 0.3) is 0 Å². The largest absolute Gasteiger partial charge is 0.390 e. The lowest BCUT2D eigenvalue weighted by Crippen LogP contribution is -2.41. The summed E-state index contributed by atoms with van der Waals surface area (Å²) in [5, 5.41) is 9.43. The van der Waals surface area contributed by atoms with Crippen molar-refractivity contribution in [2.75, 3.05) is 46.8 Å². The van der Waals surface area contributed by atoms with E-state index >= 15 is 0 Å². The molecule has 2 unspecified atom stereocenters. The van der Waals surface area contributed by atoms with Crippen LogP contribution in [0.2, 0.25) is 0 Å². The van der Waals surface area contributed by atoms with Crippen LogP contribution in [0, 0.1) is 5.92 Å². The van der Waals surface area contributed by atoms with E-state index in [9.17, 15) is 5.11 Å². The minimum Gasteiger partial charge on any atom is -0.390 e. The fraction of sp³-hybridized carbons (Fsp3) is 1.00. The maximum absolute atomic E-state index is 9.43. The summed E-state index contributed by atoms with van der Waals surface area (Å²) in [6.07, 6.45) is 2.23. The lowest BCUT2D eigenvalue weighted by Gasteiger charge is -2.32.